The number of likely N-dealkylation sites (N-methyl/N-ethyl adjacent to an activating group) is 1. The molecule has 0 spiro atoms. The van der Waals surface area contributed by atoms with Crippen molar-refractivity contribution in [2.75, 3.05) is 24.7 Å². The van der Waals surface area contributed by atoms with Crippen LogP contribution in [0.15, 0.2) is 66.0 Å². The number of amides is 3. The van der Waals surface area contributed by atoms with Crippen LogP contribution in [0.4, 0.5) is 11.4 Å². The van der Waals surface area contributed by atoms with Gasteiger partial charge in [0.05, 0.1) is 11.3 Å². The Morgan fingerprint density at radius 3 is 2.24 bits per heavy atom. The number of benzene rings is 2. The number of nitrogens with zero attached hydrogens (tertiary/aromatic N) is 1. The fourth-order valence-corrected chi connectivity index (χ4v) is 3.20. The molecular weight excluding hydrogens is 386 g/mol. The van der Waals surface area contributed by atoms with Crippen LogP contribution in [0.25, 0.3) is 0 Å². The van der Waals surface area contributed by atoms with Gasteiger partial charge >= 0.3 is 0 Å². The number of nitrogens with one attached hydrogen (secondary N) is 2. The molecule has 0 unspecified atom stereocenters. The molecule has 2 aromatic carbocycles. The first kappa shape index (κ1) is 20.3. The molecule has 0 fully saturated rings. The van der Waals surface area contributed by atoms with E-state index in [1.807, 2.05) is 23.6 Å². The summed E-state index contributed by atoms with van der Waals surface area (Å²) in [7, 11) is 3.43. The van der Waals surface area contributed by atoms with Gasteiger partial charge in [0, 0.05) is 31.0 Å². The molecular formula is C22H21N3O3S. The van der Waals surface area contributed by atoms with Crippen LogP contribution in [0, 0.1) is 0 Å². The highest BCUT2D eigenvalue weighted by atomic mass is 32.1. The largest absolute Gasteiger partial charge is 0.349 e. The van der Waals surface area contributed by atoms with Crippen LogP contribution in [0.3, 0.4) is 0 Å². The summed E-state index contributed by atoms with van der Waals surface area (Å²) in [6.45, 7) is 0. The predicted molar refractivity (Wildman–Crippen MR) is 116 cm³/mol. The van der Waals surface area contributed by atoms with Crippen molar-refractivity contribution in [1.82, 2.24) is 4.90 Å². The van der Waals surface area contributed by atoms with Gasteiger partial charge in [0.15, 0.2) is 0 Å². The van der Waals surface area contributed by atoms with Crippen molar-refractivity contribution in [3.8, 4) is 0 Å². The highest BCUT2D eigenvalue weighted by Crippen LogP contribution is 2.17. The van der Waals surface area contributed by atoms with E-state index in [-0.39, 0.29) is 17.7 Å². The lowest BCUT2D eigenvalue weighted by atomic mass is 10.1. The molecule has 0 radical (unpaired) electrons. The Kier molecular flexibility index (Phi) is 6.41. The third kappa shape index (κ3) is 5.52. The quantitative estimate of drug-likeness (QED) is 0.651. The van der Waals surface area contributed by atoms with Crippen molar-refractivity contribution in [2.45, 2.75) is 6.42 Å². The topological polar surface area (TPSA) is 78.5 Å². The number of thiophene rings is 1. The van der Waals surface area contributed by atoms with Crippen LogP contribution in [-0.2, 0) is 11.2 Å². The number of carbonyl (C=O) groups is 3. The van der Waals surface area contributed by atoms with Gasteiger partial charge in [-0.15, -0.1) is 11.3 Å². The van der Waals surface area contributed by atoms with Gasteiger partial charge in [-0.1, -0.05) is 24.3 Å². The zero-order valence-corrected chi connectivity index (χ0v) is 17.0. The van der Waals surface area contributed by atoms with Gasteiger partial charge in [-0.2, -0.15) is 0 Å². The average Bonchev–Trinajstić information content (AvgIpc) is 3.24. The second kappa shape index (κ2) is 9.16. The Morgan fingerprint density at radius 1 is 0.862 bits per heavy atom. The van der Waals surface area contributed by atoms with Crippen molar-refractivity contribution >= 4 is 40.4 Å². The summed E-state index contributed by atoms with van der Waals surface area (Å²) in [4.78, 5) is 38.6. The van der Waals surface area contributed by atoms with Gasteiger partial charge in [0.1, 0.15) is 0 Å². The highest BCUT2D eigenvalue weighted by molar-refractivity contribution is 7.12. The maximum Gasteiger partial charge on any atom is 0.265 e. The minimum absolute atomic E-state index is 0.0168. The van der Waals surface area contributed by atoms with Gasteiger partial charge in [0.25, 0.3) is 11.8 Å². The Morgan fingerprint density at radius 2 is 1.59 bits per heavy atom. The molecule has 3 amide bonds. The molecule has 6 nitrogen and oxygen atoms in total. The number of anilines is 2. The minimum atomic E-state index is -0.283. The molecule has 0 aliphatic rings. The third-order valence-electron chi connectivity index (χ3n) is 4.19. The molecule has 1 aromatic heterocycles. The van der Waals surface area contributed by atoms with Crippen LogP contribution in [0.1, 0.15) is 25.6 Å². The summed E-state index contributed by atoms with van der Waals surface area (Å²) in [5, 5.41) is 7.45. The first-order chi connectivity index (χ1) is 13.9. The van der Waals surface area contributed by atoms with E-state index in [2.05, 4.69) is 10.6 Å². The molecule has 0 atom stereocenters. The van der Waals surface area contributed by atoms with E-state index in [1.165, 1.54) is 11.3 Å². The molecule has 148 valence electrons. The smallest absolute Gasteiger partial charge is 0.265 e. The highest BCUT2D eigenvalue weighted by Gasteiger charge is 2.11. The number of rotatable bonds is 6. The zero-order chi connectivity index (χ0) is 20.8. The second-order valence-corrected chi connectivity index (χ2v) is 7.58. The van der Waals surface area contributed by atoms with E-state index in [0.29, 0.717) is 28.2 Å². The van der Waals surface area contributed by atoms with Gasteiger partial charge in [-0.3, -0.25) is 14.4 Å². The van der Waals surface area contributed by atoms with Gasteiger partial charge < -0.3 is 15.5 Å². The lowest BCUT2D eigenvalue weighted by Gasteiger charge is -2.11. The summed E-state index contributed by atoms with van der Waals surface area (Å²) < 4.78 is 0. The lowest BCUT2D eigenvalue weighted by Crippen LogP contribution is -2.23. The monoisotopic (exact) mass is 407 g/mol. The molecule has 0 saturated heterocycles. The van der Waals surface area contributed by atoms with E-state index >= 15 is 0 Å². The van der Waals surface area contributed by atoms with Crippen molar-refractivity contribution in [3.63, 3.8) is 0 Å². The van der Waals surface area contributed by atoms with Crippen molar-refractivity contribution < 1.29 is 14.4 Å². The van der Waals surface area contributed by atoms with Crippen LogP contribution in [0.5, 0.6) is 0 Å². The summed E-state index contributed by atoms with van der Waals surface area (Å²) in [5.41, 5.74) is 2.48. The van der Waals surface area contributed by atoms with Gasteiger partial charge in [-0.25, -0.2) is 0 Å². The molecule has 3 rings (SSSR count). The van der Waals surface area contributed by atoms with Gasteiger partial charge in [0.2, 0.25) is 5.91 Å². The maximum atomic E-state index is 12.6. The Balaban J connectivity index is 1.63. The molecule has 0 aliphatic carbocycles. The first-order valence-electron chi connectivity index (χ1n) is 8.98. The Hall–Kier alpha value is -3.45. The fourth-order valence-electron chi connectivity index (χ4n) is 2.58. The minimum Gasteiger partial charge on any atom is -0.349 e. The summed E-state index contributed by atoms with van der Waals surface area (Å²) in [6.07, 6.45) is 0.313. The standard InChI is InChI=1S/C22H21N3O3S/c1-25(2)20(26)13-15-8-10-17(11-9-15)23-21(27)16-5-3-6-18(14-16)24-22(28)19-7-4-12-29-19/h3-12,14H,13H2,1-2H3,(H,23,27)(H,24,28). The lowest BCUT2D eigenvalue weighted by molar-refractivity contribution is -0.127. The first-order valence-corrected chi connectivity index (χ1v) is 9.86. The van der Waals surface area contributed by atoms with Crippen LogP contribution in [0.2, 0.25) is 0 Å². The van der Waals surface area contributed by atoms with E-state index in [1.54, 1.807) is 61.5 Å². The van der Waals surface area contributed by atoms with Crippen LogP contribution < -0.4 is 10.6 Å². The predicted octanol–water partition coefficient (Wildman–Crippen LogP) is 3.88. The molecule has 7 heteroatoms. The second-order valence-electron chi connectivity index (χ2n) is 6.63. The Labute approximate surface area is 173 Å². The molecule has 0 aliphatic heterocycles. The SMILES string of the molecule is CN(C)C(=O)Cc1ccc(NC(=O)c2cccc(NC(=O)c3cccs3)c2)cc1. The van der Waals surface area contributed by atoms with Crippen LogP contribution in [-0.4, -0.2) is 36.7 Å². The molecule has 1 heterocycles. The van der Waals surface area contributed by atoms with E-state index in [4.69, 9.17) is 0 Å². The zero-order valence-electron chi connectivity index (χ0n) is 16.1. The molecule has 2 N–H and O–H groups in total. The maximum absolute atomic E-state index is 12.6. The normalized spacial score (nSPS) is 10.3. The van der Waals surface area contributed by atoms with E-state index in [0.717, 1.165) is 5.56 Å². The molecule has 29 heavy (non-hydrogen) atoms. The van der Waals surface area contributed by atoms with E-state index < -0.39 is 0 Å². The molecule has 0 bridgehead atoms. The summed E-state index contributed by atoms with van der Waals surface area (Å²) in [6, 6.07) is 17.5. The van der Waals surface area contributed by atoms with Crippen molar-refractivity contribution in [1.29, 1.82) is 0 Å². The van der Waals surface area contributed by atoms with Crippen molar-refractivity contribution in [3.05, 3.63) is 82.0 Å². The summed E-state index contributed by atoms with van der Waals surface area (Å²) in [5.74, 6) is -0.474. The average molecular weight is 407 g/mol. The number of hydrogen-bond acceptors (Lipinski definition) is 4. The van der Waals surface area contributed by atoms with Gasteiger partial charge in [-0.05, 0) is 47.3 Å². The fraction of sp³-hybridized carbons (Fsp3) is 0.136. The molecule has 0 saturated carbocycles. The number of hydrogen-bond donors (Lipinski definition) is 2. The summed E-state index contributed by atoms with van der Waals surface area (Å²) >= 11 is 1.35. The van der Waals surface area contributed by atoms with Crippen molar-refractivity contribution in [2.24, 2.45) is 0 Å². The van der Waals surface area contributed by atoms with E-state index in [9.17, 15) is 14.4 Å². The number of carbonyl (C=O) groups excluding carboxylic acids is 3. The third-order valence-corrected chi connectivity index (χ3v) is 5.06. The van der Waals surface area contributed by atoms with Crippen LogP contribution >= 0.6 is 11.3 Å². The Bertz CT molecular complexity index is 1010. The molecule has 3 aromatic rings.